The van der Waals surface area contributed by atoms with Crippen LogP contribution in [-0.2, 0) is 30.6 Å². The van der Waals surface area contributed by atoms with Crippen molar-refractivity contribution in [2.45, 2.75) is 72.0 Å². The molecule has 7 aromatic rings. The molecule has 2 amide bonds. The lowest BCUT2D eigenvalue weighted by atomic mass is 10.2. The van der Waals surface area contributed by atoms with Crippen LogP contribution in [0.4, 0.5) is 27.4 Å². The summed E-state index contributed by atoms with van der Waals surface area (Å²) >= 11 is 0. The van der Waals surface area contributed by atoms with Gasteiger partial charge in [0.2, 0.25) is 23.8 Å². The first-order valence-corrected chi connectivity index (χ1v) is 23.3. The van der Waals surface area contributed by atoms with Crippen LogP contribution in [0.25, 0.3) is 33.1 Å². The first kappa shape index (κ1) is 60.0. The number of carbonyl (C=O) groups is 2. The van der Waals surface area contributed by atoms with Crippen molar-refractivity contribution < 1.29 is 33.3 Å². The summed E-state index contributed by atoms with van der Waals surface area (Å²) in [6, 6.07) is 18.7. The molecule has 0 spiro atoms. The number of guanidine groups is 1. The van der Waals surface area contributed by atoms with E-state index in [-0.39, 0.29) is 24.3 Å². The maximum Gasteiger partial charge on any atom is 0.407 e. The molecule has 0 bridgehead atoms. The van der Waals surface area contributed by atoms with E-state index < -0.39 is 23.4 Å². The third-order valence-electron chi connectivity index (χ3n) is 9.79. The lowest BCUT2D eigenvalue weighted by Gasteiger charge is -2.19. The number of ether oxygens (including phenoxy) is 5. The van der Waals surface area contributed by atoms with E-state index in [1.165, 1.54) is 4.68 Å². The van der Waals surface area contributed by atoms with Gasteiger partial charge >= 0.3 is 12.2 Å². The Morgan fingerprint density at radius 2 is 0.986 bits per heavy atom. The maximum absolute atomic E-state index is 11.5. The van der Waals surface area contributed by atoms with Crippen molar-refractivity contribution in [3.63, 3.8) is 0 Å². The number of anilines is 3. The van der Waals surface area contributed by atoms with Gasteiger partial charge in [0, 0.05) is 77.8 Å². The zero-order valence-electron chi connectivity index (χ0n) is 43.5. The number of nitrogens with zero attached hydrogens (tertiary/aromatic N) is 9. The molecule has 26 heteroatoms. The number of nitrogens with two attached hydrogens (primary N) is 6. The minimum Gasteiger partial charge on any atom is -0.493 e. The number of alkyl carbamates (subject to hydrolysis) is 2. The highest BCUT2D eigenvalue weighted by Crippen LogP contribution is 2.24. The van der Waals surface area contributed by atoms with E-state index in [9.17, 15) is 9.59 Å². The minimum absolute atomic E-state index is 0. The molecule has 0 saturated heterocycles. The predicted molar refractivity (Wildman–Crippen MR) is 292 cm³/mol. The fraction of sp³-hybridized carbons (Fsp3) is 0.417. The number of nitrogen functional groups attached to an aromatic ring is 4. The van der Waals surface area contributed by atoms with Gasteiger partial charge in [0.1, 0.15) is 28.5 Å². The zero-order valence-corrected chi connectivity index (χ0v) is 44.4. The van der Waals surface area contributed by atoms with Crippen molar-refractivity contribution in [2.75, 3.05) is 56.7 Å². The SMILES string of the molecule is Cl.Cn1c(N)nc2ccc(OCCCN=C(N)N)cc21.Cn1c(N)nc2ccc(OCCCNC(=O)OC(C)(C)C)cc21.Cn1c(N)nc2ccc(OCCCNC(=O)OC(C)(C)C)cc21.N=C(N)n1cccn1. The van der Waals surface area contributed by atoms with E-state index in [0.717, 1.165) is 56.8 Å². The van der Waals surface area contributed by atoms with Gasteiger partial charge in [0.25, 0.3) is 0 Å². The van der Waals surface area contributed by atoms with E-state index in [1.54, 1.807) is 18.5 Å². The standard InChI is InChI=1S/2C16H24N4O3.C12H18N6O.C4H6N4.ClH/c2*1-16(2,3)23-15(21)18-8-5-9-22-11-6-7-12-13(10-11)20(4)14(17)19-12;1-18-10-7-8(3-4-9(10)17-12(18)15)19-6-2-5-16-11(13)14;5-4(6)8-3-1-2-7-8;/h2*6-7,10H,5,8-9H2,1-4H3,(H2,17,19)(H,18,21);3-4,7H,2,5-6H2,1H3,(H2,15,17)(H4,13,14,16);1-3H,(H3,5,6);1H. The molecule has 74 heavy (non-hydrogen) atoms. The van der Waals surface area contributed by atoms with Gasteiger partial charge in [-0.05, 0) is 96.8 Å². The second-order valence-corrected chi connectivity index (χ2v) is 18.1. The largest absolute Gasteiger partial charge is 0.493 e. The van der Waals surface area contributed by atoms with E-state index in [1.807, 2.05) is 131 Å². The quantitative estimate of drug-likeness (QED) is 0.0364. The number of nitrogens with one attached hydrogen (secondary N) is 3. The van der Waals surface area contributed by atoms with Gasteiger partial charge in [0.05, 0.1) is 52.9 Å². The number of carbonyl (C=O) groups excluding carboxylic acids is 2. The van der Waals surface area contributed by atoms with E-state index in [0.29, 0.717) is 70.1 Å². The maximum atomic E-state index is 11.5. The van der Waals surface area contributed by atoms with Crippen LogP contribution in [0.5, 0.6) is 17.2 Å². The van der Waals surface area contributed by atoms with Crippen LogP contribution in [0.15, 0.2) is 78.0 Å². The molecular weight excluding hydrogens is 976 g/mol. The normalized spacial score (nSPS) is 10.8. The Bertz CT molecular complexity index is 2790. The Morgan fingerprint density at radius 1 is 0.622 bits per heavy atom. The van der Waals surface area contributed by atoms with Crippen molar-refractivity contribution in [3.8, 4) is 17.2 Å². The van der Waals surface area contributed by atoms with Crippen molar-refractivity contribution in [2.24, 2.45) is 43.3 Å². The molecule has 7 rings (SSSR count). The minimum atomic E-state index is -0.485. The third kappa shape index (κ3) is 20.0. The fourth-order valence-electron chi connectivity index (χ4n) is 6.24. The van der Waals surface area contributed by atoms with Gasteiger partial charge in [-0.2, -0.15) is 5.10 Å². The van der Waals surface area contributed by atoms with Gasteiger partial charge in [-0.3, -0.25) is 10.4 Å². The molecule has 15 N–H and O–H groups in total. The summed E-state index contributed by atoms with van der Waals surface area (Å²) in [4.78, 5) is 39.5. The molecule has 0 unspecified atom stereocenters. The summed E-state index contributed by atoms with van der Waals surface area (Å²) in [5, 5.41) is 15.9. The number of hydrogen-bond donors (Lipinski definition) is 9. The second-order valence-electron chi connectivity index (χ2n) is 18.1. The number of imidazole rings is 3. The Morgan fingerprint density at radius 3 is 1.28 bits per heavy atom. The van der Waals surface area contributed by atoms with Crippen LogP contribution < -0.4 is 59.2 Å². The van der Waals surface area contributed by atoms with Gasteiger partial charge in [0.15, 0.2) is 5.96 Å². The van der Waals surface area contributed by atoms with E-state index in [2.05, 4.69) is 35.7 Å². The van der Waals surface area contributed by atoms with Gasteiger partial charge < -0.3 is 82.4 Å². The summed E-state index contributed by atoms with van der Waals surface area (Å²) in [6.45, 7) is 14.1. The zero-order chi connectivity index (χ0) is 53.9. The number of fused-ring (bicyclic) bond motifs is 3. The fourth-order valence-corrected chi connectivity index (χ4v) is 6.24. The van der Waals surface area contributed by atoms with Gasteiger partial charge in [-0.1, -0.05) is 0 Å². The number of aryl methyl sites for hydroxylation is 3. The first-order valence-electron chi connectivity index (χ1n) is 23.3. The topological polar surface area (TPSA) is 368 Å². The van der Waals surface area contributed by atoms with Gasteiger partial charge in [-0.25, -0.2) is 29.2 Å². The molecule has 404 valence electrons. The van der Waals surface area contributed by atoms with Gasteiger partial charge in [-0.15, -0.1) is 12.4 Å². The summed E-state index contributed by atoms with van der Waals surface area (Å²) in [5.41, 5.74) is 37.1. The first-order chi connectivity index (χ1) is 34.4. The molecule has 0 saturated carbocycles. The molecule has 4 aromatic heterocycles. The molecule has 0 aliphatic heterocycles. The van der Waals surface area contributed by atoms with Crippen molar-refractivity contribution in [1.29, 1.82) is 5.41 Å². The number of aliphatic imine (C=N–C) groups is 1. The average Bonchev–Trinajstić information content (AvgIpc) is 4.09. The second kappa shape index (κ2) is 28.0. The van der Waals surface area contributed by atoms with Crippen molar-refractivity contribution >= 4 is 87.5 Å². The molecule has 0 atom stereocenters. The average molecular weight is 1050 g/mol. The molecule has 3 aromatic carbocycles. The Hall–Kier alpha value is -8.35. The van der Waals surface area contributed by atoms with Crippen LogP contribution in [-0.4, -0.2) is 113 Å². The lowest BCUT2D eigenvalue weighted by Crippen LogP contribution is -2.33. The van der Waals surface area contributed by atoms with Crippen LogP contribution in [0.3, 0.4) is 0 Å². The monoisotopic (exact) mass is 1050 g/mol. The van der Waals surface area contributed by atoms with Crippen molar-refractivity contribution in [3.05, 3.63) is 73.1 Å². The summed E-state index contributed by atoms with van der Waals surface area (Å²) < 4.78 is 34.0. The molecule has 0 radical (unpaired) electrons. The molecule has 0 aliphatic carbocycles. The van der Waals surface area contributed by atoms with E-state index >= 15 is 0 Å². The van der Waals surface area contributed by atoms with Crippen LogP contribution in [0.2, 0.25) is 0 Å². The van der Waals surface area contributed by atoms with Crippen LogP contribution in [0.1, 0.15) is 60.8 Å². The molecule has 0 fully saturated rings. The number of aromatic nitrogens is 8. The van der Waals surface area contributed by atoms with Crippen LogP contribution in [0, 0.1) is 5.41 Å². The Labute approximate surface area is 436 Å². The summed E-state index contributed by atoms with van der Waals surface area (Å²) in [5.74, 6) is 3.75. The highest BCUT2D eigenvalue weighted by Gasteiger charge is 2.17. The lowest BCUT2D eigenvalue weighted by molar-refractivity contribution is 0.0513. The Balaban J connectivity index is 0.000000271. The summed E-state index contributed by atoms with van der Waals surface area (Å²) in [6.07, 6.45) is 4.48. The van der Waals surface area contributed by atoms with Crippen LogP contribution >= 0.6 is 12.4 Å². The number of amides is 2. The molecule has 25 nitrogen and oxygen atoms in total. The molecule has 4 heterocycles. The number of benzene rings is 3. The third-order valence-corrected chi connectivity index (χ3v) is 9.79. The molecule has 0 aliphatic rings. The number of halogens is 1. The number of hydrogen-bond acceptors (Lipinski definition) is 16. The number of rotatable bonds is 15. The smallest absolute Gasteiger partial charge is 0.407 e. The Kier molecular flexibility index (Phi) is 22.7. The highest BCUT2D eigenvalue weighted by molar-refractivity contribution is 5.85. The highest BCUT2D eigenvalue weighted by atomic mass is 35.5. The molecular formula is C48H73ClN18O7. The summed E-state index contributed by atoms with van der Waals surface area (Å²) in [7, 11) is 5.59. The van der Waals surface area contributed by atoms with Crippen molar-refractivity contribution in [1.82, 2.24) is 49.1 Å². The van der Waals surface area contributed by atoms with E-state index in [4.69, 9.17) is 63.5 Å². The predicted octanol–water partition coefficient (Wildman–Crippen LogP) is 5.14.